The van der Waals surface area contributed by atoms with Crippen molar-refractivity contribution in [3.8, 4) is 0 Å². The molecule has 0 spiro atoms. The molecule has 0 saturated heterocycles. The van der Waals surface area contributed by atoms with Crippen molar-refractivity contribution < 1.29 is 0 Å². The van der Waals surface area contributed by atoms with E-state index in [-0.39, 0.29) is 0 Å². The van der Waals surface area contributed by atoms with Gasteiger partial charge < -0.3 is 0 Å². The molecule has 0 unspecified atom stereocenters. The van der Waals surface area contributed by atoms with Crippen LogP contribution in [0.5, 0.6) is 0 Å². The third-order valence-corrected chi connectivity index (χ3v) is 1.62. The fourth-order valence-electron chi connectivity index (χ4n) is 1.26. The summed E-state index contributed by atoms with van der Waals surface area (Å²) in [7, 11) is 0. The monoisotopic (exact) mass is 164 g/mol. The van der Waals surface area contributed by atoms with E-state index in [0.717, 1.165) is 23.6 Å². The first kappa shape index (κ1) is 9.17. The molecule has 2 nitrogen and oxygen atoms in total. The minimum Gasteiger partial charge on any atom is -0.238 e. The Kier molecular flexibility index (Phi) is 2.79. The molecule has 12 heavy (non-hydrogen) atoms. The van der Waals surface area contributed by atoms with Gasteiger partial charge in [-0.1, -0.05) is 13.8 Å². The molecule has 0 aliphatic heterocycles. The van der Waals surface area contributed by atoms with Gasteiger partial charge in [-0.2, -0.15) is 0 Å². The third-order valence-electron chi connectivity index (χ3n) is 1.62. The Morgan fingerprint density at radius 2 is 1.67 bits per heavy atom. The van der Waals surface area contributed by atoms with Gasteiger partial charge in [-0.15, -0.1) is 0 Å². The van der Waals surface area contributed by atoms with Crippen LogP contribution in [0, 0.1) is 19.8 Å². The molecule has 0 atom stereocenters. The van der Waals surface area contributed by atoms with Gasteiger partial charge in [0.25, 0.3) is 0 Å². The molecule has 1 rings (SSSR count). The van der Waals surface area contributed by atoms with E-state index in [0.29, 0.717) is 5.92 Å². The van der Waals surface area contributed by atoms with Crippen LogP contribution >= 0.6 is 0 Å². The fraction of sp³-hybridized carbons (Fsp3) is 0.600. The lowest BCUT2D eigenvalue weighted by atomic mass is 10.1. The normalized spacial score (nSPS) is 10.8. The quantitative estimate of drug-likeness (QED) is 0.670. The number of rotatable bonds is 2. The van der Waals surface area contributed by atoms with E-state index in [1.54, 1.807) is 0 Å². The van der Waals surface area contributed by atoms with Crippen LogP contribution in [-0.2, 0) is 6.42 Å². The lowest BCUT2D eigenvalue weighted by Gasteiger charge is -2.04. The van der Waals surface area contributed by atoms with Gasteiger partial charge in [-0.05, 0) is 25.8 Å². The van der Waals surface area contributed by atoms with Crippen LogP contribution in [0.25, 0.3) is 0 Å². The SMILES string of the molecule is Cc1cc(C)nc(CC(C)C)n1. The van der Waals surface area contributed by atoms with Gasteiger partial charge in [0.1, 0.15) is 5.82 Å². The number of hydrogen-bond acceptors (Lipinski definition) is 2. The maximum Gasteiger partial charge on any atom is 0.129 e. The predicted molar refractivity (Wildman–Crippen MR) is 50.0 cm³/mol. The molecule has 66 valence electrons. The van der Waals surface area contributed by atoms with E-state index in [2.05, 4.69) is 23.8 Å². The summed E-state index contributed by atoms with van der Waals surface area (Å²) in [6, 6.07) is 2.00. The fourth-order valence-corrected chi connectivity index (χ4v) is 1.26. The van der Waals surface area contributed by atoms with Crippen LogP contribution in [0.4, 0.5) is 0 Å². The topological polar surface area (TPSA) is 25.8 Å². The molecule has 0 saturated carbocycles. The second kappa shape index (κ2) is 3.65. The van der Waals surface area contributed by atoms with Gasteiger partial charge in [0.2, 0.25) is 0 Å². The molecule has 0 aliphatic rings. The average molecular weight is 164 g/mol. The second-order valence-corrected chi connectivity index (χ2v) is 3.66. The summed E-state index contributed by atoms with van der Waals surface area (Å²) in [5.41, 5.74) is 2.14. The summed E-state index contributed by atoms with van der Waals surface area (Å²) in [4.78, 5) is 8.73. The maximum absolute atomic E-state index is 4.36. The van der Waals surface area contributed by atoms with E-state index in [9.17, 15) is 0 Å². The number of nitrogens with zero attached hydrogens (tertiary/aromatic N) is 2. The van der Waals surface area contributed by atoms with Crippen LogP contribution in [0.15, 0.2) is 6.07 Å². The smallest absolute Gasteiger partial charge is 0.129 e. The van der Waals surface area contributed by atoms with Crippen LogP contribution in [-0.4, -0.2) is 9.97 Å². The molecule has 0 amide bonds. The summed E-state index contributed by atoms with van der Waals surface area (Å²) in [6.07, 6.45) is 0.975. The molecule has 0 fully saturated rings. The zero-order valence-electron chi connectivity index (χ0n) is 8.26. The molecule has 0 aromatic carbocycles. The molecule has 1 aromatic rings. The summed E-state index contributed by atoms with van der Waals surface area (Å²) in [6.45, 7) is 8.39. The van der Waals surface area contributed by atoms with Crippen molar-refractivity contribution in [2.45, 2.75) is 34.1 Å². The molecule has 2 heteroatoms. The highest BCUT2D eigenvalue weighted by Crippen LogP contribution is 2.04. The van der Waals surface area contributed by atoms with Gasteiger partial charge in [-0.3, -0.25) is 0 Å². The standard InChI is InChI=1S/C10H16N2/c1-7(2)5-10-11-8(3)6-9(4)12-10/h6-7H,5H2,1-4H3. The van der Waals surface area contributed by atoms with Gasteiger partial charge in [0.05, 0.1) is 0 Å². The minimum absolute atomic E-state index is 0.631. The number of aryl methyl sites for hydroxylation is 2. The van der Waals surface area contributed by atoms with Crippen molar-refractivity contribution in [3.05, 3.63) is 23.3 Å². The third kappa shape index (κ3) is 2.61. The molecule has 0 aliphatic carbocycles. The summed E-state index contributed by atoms with van der Waals surface area (Å²) < 4.78 is 0. The highest BCUT2D eigenvalue weighted by Gasteiger charge is 2.01. The van der Waals surface area contributed by atoms with E-state index in [1.807, 2.05) is 19.9 Å². The van der Waals surface area contributed by atoms with Crippen molar-refractivity contribution >= 4 is 0 Å². The molecule has 0 bridgehead atoms. The summed E-state index contributed by atoms with van der Waals surface area (Å²) in [5, 5.41) is 0. The molecular weight excluding hydrogens is 148 g/mol. The van der Waals surface area contributed by atoms with Gasteiger partial charge >= 0.3 is 0 Å². The Hall–Kier alpha value is -0.920. The van der Waals surface area contributed by atoms with Crippen molar-refractivity contribution in [1.29, 1.82) is 0 Å². The Morgan fingerprint density at radius 3 is 2.08 bits per heavy atom. The summed E-state index contributed by atoms with van der Waals surface area (Å²) >= 11 is 0. The molecule has 1 aromatic heterocycles. The lowest BCUT2D eigenvalue weighted by Crippen LogP contribution is -2.03. The van der Waals surface area contributed by atoms with Crippen molar-refractivity contribution in [2.24, 2.45) is 5.92 Å². The molecule has 0 N–H and O–H groups in total. The predicted octanol–water partition coefficient (Wildman–Crippen LogP) is 2.29. The van der Waals surface area contributed by atoms with Crippen LogP contribution in [0.3, 0.4) is 0 Å². The first-order chi connectivity index (χ1) is 5.58. The average Bonchev–Trinajstić information content (AvgIpc) is 1.81. The van der Waals surface area contributed by atoms with Crippen LogP contribution in [0.2, 0.25) is 0 Å². The Bertz CT molecular complexity index is 246. The number of hydrogen-bond donors (Lipinski definition) is 0. The van der Waals surface area contributed by atoms with Gasteiger partial charge in [-0.25, -0.2) is 9.97 Å². The molecule has 0 radical (unpaired) electrons. The Morgan fingerprint density at radius 1 is 1.17 bits per heavy atom. The first-order valence-corrected chi connectivity index (χ1v) is 4.39. The Balaban J connectivity index is 2.85. The maximum atomic E-state index is 4.36. The second-order valence-electron chi connectivity index (χ2n) is 3.66. The zero-order valence-corrected chi connectivity index (χ0v) is 8.26. The van der Waals surface area contributed by atoms with Crippen molar-refractivity contribution in [2.75, 3.05) is 0 Å². The van der Waals surface area contributed by atoms with Gasteiger partial charge in [0.15, 0.2) is 0 Å². The molecular formula is C10H16N2. The molecule has 1 heterocycles. The van der Waals surface area contributed by atoms with E-state index in [1.165, 1.54) is 0 Å². The van der Waals surface area contributed by atoms with Crippen molar-refractivity contribution in [3.63, 3.8) is 0 Å². The first-order valence-electron chi connectivity index (χ1n) is 4.39. The highest BCUT2D eigenvalue weighted by atomic mass is 14.9. The summed E-state index contributed by atoms with van der Waals surface area (Å²) in [5.74, 6) is 1.61. The Labute approximate surface area is 74.1 Å². The van der Waals surface area contributed by atoms with Crippen LogP contribution in [0.1, 0.15) is 31.1 Å². The van der Waals surface area contributed by atoms with E-state index in [4.69, 9.17) is 0 Å². The van der Waals surface area contributed by atoms with Crippen LogP contribution < -0.4 is 0 Å². The highest BCUT2D eigenvalue weighted by molar-refractivity contribution is 5.08. The van der Waals surface area contributed by atoms with E-state index < -0.39 is 0 Å². The zero-order chi connectivity index (χ0) is 9.14. The largest absolute Gasteiger partial charge is 0.238 e. The van der Waals surface area contributed by atoms with Gasteiger partial charge in [0, 0.05) is 17.8 Å². The van der Waals surface area contributed by atoms with E-state index >= 15 is 0 Å². The van der Waals surface area contributed by atoms with Crippen molar-refractivity contribution in [1.82, 2.24) is 9.97 Å². The number of aromatic nitrogens is 2. The minimum atomic E-state index is 0.631. The lowest BCUT2D eigenvalue weighted by molar-refractivity contribution is 0.617.